The van der Waals surface area contributed by atoms with Crippen LogP contribution in [0.5, 0.6) is 0 Å². The number of hydrogen-bond donors (Lipinski definition) is 3. The second-order valence-electron chi connectivity index (χ2n) is 13.0. The molecule has 11 nitrogen and oxygen atoms in total. The molecule has 1 aromatic carbocycles. The second-order valence-corrected chi connectivity index (χ2v) is 13.0. The molecule has 1 aromatic heterocycles. The first-order chi connectivity index (χ1) is 22.3. The third-order valence-corrected chi connectivity index (χ3v) is 9.71. The molecule has 3 atom stereocenters. The Bertz CT molecular complexity index is 1420. The molecule has 47 heavy (non-hydrogen) atoms. The van der Waals surface area contributed by atoms with Crippen molar-refractivity contribution in [3.05, 3.63) is 41.0 Å². The molecule has 3 N–H and O–H groups in total. The van der Waals surface area contributed by atoms with Crippen molar-refractivity contribution < 1.29 is 37.0 Å². The number of hydrogen-bond acceptors (Lipinski definition) is 8. The first-order valence-corrected chi connectivity index (χ1v) is 16.4. The number of alkyl halides is 2. The maximum absolute atomic E-state index is 15.7. The zero-order chi connectivity index (χ0) is 34.4. The Balaban J connectivity index is 1.55. The Labute approximate surface area is 272 Å². The van der Waals surface area contributed by atoms with Crippen molar-refractivity contribution in [3.8, 4) is 0 Å². The van der Waals surface area contributed by atoms with Crippen molar-refractivity contribution in [3.63, 3.8) is 0 Å². The molecule has 4 rings (SSSR count). The summed E-state index contributed by atoms with van der Waals surface area (Å²) in [7, 11) is 0. The summed E-state index contributed by atoms with van der Waals surface area (Å²) in [6.45, 7) is 7.28. The molecule has 3 amide bonds. The average Bonchev–Trinajstić information content (AvgIpc) is 3.54. The van der Waals surface area contributed by atoms with Gasteiger partial charge in [-0.05, 0) is 54.0 Å². The van der Waals surface area contributed by atoms with E-state index in [9.17, 15) is 28.0 Å². The number of piperidine rings is 1. The number of nitrogens with zero attached hydrogens (tertiary/aromatic N) is 3. The molecule has 14 heteroatoms. The van der Waals surface area contributed by atoms with E-state index in [1.807, 2.05) is 0 Å². The van der Waals surface area contributed by atoms with Crippen LogP contribution in [-0.4, -0.2) is 76.4 Å². The highest BCUT2D eigenvalue weighted by atomic mass is 19.3. The highest BCUT2D eigenvalue weighted by molar-refractivity contribution is 6.01. The molecule has 2 aliphatic rings. The Morgan fingerprint density at radius 3 is 2.40 bits per heavy atom. The van der Waals surface area contributed by atoms with Gasteiger partial charge in [0.05, 0.1) is 5.69 Å². The summed E-state index contributed by atoms with van der Waals surface area (Å²) in [5, 5.41) is 15.6. The maximum Gasteiger partial charge on any atom is 0.276 e. The van der Waals surface area contributed by atoms with Crippen LogP contribution >= 0.6 is 0 Å². The van der Waals surface area contributed by atoms with Crippen LogP contribution < -0.4 is 16.0 Å². The van der Waals surface area contributed by atoms with E-state index >= 15 is 4.39 Å². The van der Waals surface area contributed by atoms with Crippen molar-refractivity contribution in [1.29, 1.82) is 0 Å². The molecule has 1 aliphatic heterocycles. The second kappa shape index (κ2) is 15.4. The van der Waals surface area contributed by atoms with Crippen LogP contribution in [0.3, 0.4) is 0 Å². The van der Waals surface area contributed by atoms with Gasteiger partial charge in [0.25, 0.3) is 11.8 Å². The molecule has 1 aliphatic carbocycles. The fraction of sp³-hybridized carbons (Fsp3) is 0.636. The molecule has 0 radical (unpaired) electrons. The summed E-state index contributed by atoms with van der Waals surface area (Å²) in [6, 6.07) is 3.13. The van der Waals surface area contributed by atoms with Gasteiger partial charge in [-0.25, -0.2) is 17.8 Å². The summed E-state index contributed by atoms with van der Waals surface area (Å²) < 4.78 is 48.0. The summed E-state index contributed by atoms with van der Waals surface area (Å²) >= 11 is 0. The van der Waals surface area contributed by atoms with Gasteiger partial charge in [0, 0.05) is 44.8 Å². The lowest BCUT2D eigenvalue weighted by Gasteiger charge is -2.41. The number of aryl methyl sites for hydroxylation is 1. The minimum Gasteiger partial charge on any atom is -0.342 e. The van der Waals surface area contributed by atoms with Gasteiger partial charge in [0.2, 0.25) is 11.8 Å². The van der Waals surface area contributed by atoms with Gasteiger partial charge in [-0.2, -0.15) is 0 Å². The molecule has 1 saturated carbocycles. The van der Waals surface area contributed by atoms with Crippen LogP contribution in [0.15, 0.2) is 22.8 Å². The van der Waals surface area contributed by atoms with Crippen molar-refractivity contribution in [1.82, 2.24) is 25.8 Å². The Morgan fingerprint density at radius 2 is 1.81 bits per heavy atom. The number of aldehydes is 1. The Hall–Kier alpha value is -3.81. The van der Waals surface area contributed by atoms with Crippen molar-refractivity contribution >= 4 is 29.7 Å². The zero-order valence-electron chi connectivity index (χ0n) is 27.4. The van der Waals surface area contributed by atoms with Crippen LogP contribution in [0.1, 0.15) is 100 Å². The van der Waals surface area contributed by atoms with E-state index in [1.165, 1.54) is 12.1 Å². The number of nitrogens with one attached hydrogen (secondary N) is 3. The summed E-state index contributed by atoms with van der Waals surface area (Å²) in [5.41, 5.74) is -0.930. The minimum atomic E-state index is -2.79. The van der Waals surface area contributed by atoms with Crippen LogP contribution in [0.2, 0.25) is 0 Å². The monoisotopic (exact) mass is 662 g/mol. The number of rotatable bonds is 13. The predicted octanol–water partition coefficient (Wildman–Crippen LogP) is 4.63. The van der Waals surface area contributed by atoms with E-state index in [2.05, 4.69) is 33.2 Å². The highest BCUT2D eigenvalue weighted by Gasteiger charge is 2.43. The third kappa shape index (κ3) is 8.76. The first kappa shape index (κ1) is 36.0. The van der Waals surface area contributed by atoms with E-state index in [0.717, 1.165) is 12.8 Å². The van der Waals surface area contributed by atoms with E-state index in [4.69, 9.17) is 4.63 Å². The van der Waals surface area contributed by atoms with E-state index in [-0.39, 0.29) is 56.2 Å². The molecule has 0 spiro atoms. The molecule has 2 aromatic rings. The van der Waals surface area contributed by atoms with Crippen molar-refractivity contribution in [2.75, 3.05) is 25.0 Å². The van der Waals surface area contributed by atoms with Crippen LogP contribution in [0.4, 0.5) is 18.9 Å². The Kier molecular flexibility index (Phi) is 11.8. The number of carbonyl (C=O) groups is 4. The van der Waals surface area contributed by atoms with E-state index in [1.54, 1.807) is 31.7 Å². The fourth-order valence-corrected chi connectivity index (χ4v) is 6.46. The van der Waals surface area contributed by atoms with Crippen molar-refractivity contribution in [2.24, 2.45) is 11.8 Å². The first-order valence-electron chi connectivity index (χ1n) is 16.4. The number of aromatic nitrogens is 2. The van der Waals surface area contributed by atoms with Gasteiger partial charge in [-0.3, -0.25) is 14.4 Å². The molecular formula is C33H45F3N6O5. The number of amides is 3. The van der Waals surface area contributed by atoms with Crippen LogP contribution in [0, 0.1) is 17.7 Å². The predicted molar refractivity (Wildman–Crippen MR) is 167 cm³/mol. The molecule has 1 saturated heterocycles. The summed E-state index contributed by atoms with van der Waals surface area (Å²) in [6.07, 6.45) is 3.51. The van der Waals surface area contributed by atoms with Crippen LogP contribution in [-0.2, 0) is 20.8 Å². The van der Waals surface area contributed by atoms with Gasteiger partial charge < -0.3 is 25.6 Å². The van der Waals surface area contributed by atoms with Gasteiger partial charge in [0.15, 0.2) is 5.69 Å². The molecule has 0 bridgehead atoms. The standard InChI is InChI=1S/C33H45F3N6O5/c1-5-25-29(41-47-40-25)31(46)38-28(22-9-7-20(3)8-10-22)30(45)37-26-12-11-23(17-24(26)34)21(4)32(19-43,39-27(44)6-2)18-42-15-13-33(35,36)14-16-42/h11-12,17,19-22,28H,5-10,13-16,18H2,1-4H3,(H,37,45)(H,38,46)(H,39,44)/t20?,21-,22?,28-,32?/m0/s1. The number of carbonyl (C=O) groups excluding carboxylic acids is 4. The summed E-state index contributed by atoms with van der Waals surface area (Å²) in [4.78, 5) is 53.7. The number of benzene rings is 1. The van der Waals surface area contributed by atoms with Crippen molar-refractivity contribution in [2.45, 2.75) is 102 Å². The zero-order valence-corrected chi connectivity index (χ0v) is 27.4. The van der Waals surface area contributed by atoms with E-state index < -0.39 is 47.0 Å². The maximum atomic E-state index is 15.7. The average molecular weight is 663 g/mol. The lowest BCUT2D eigenvalue weighted by molar-refractivity contribution is -0.128. The summed E-state index contributed by atoms with van der Waals surface area (Å²) in [5.74, 6) is -5.63. The SMILES string of the molecule is CCC(=O)NC(C=O)(CN1CCC(F)(F)CC1)[C@@H](C)c1ccc(NC(=O)[C@@H](NC(=O)c2nonc2CC)C2CCC(C)CC2)c(F)c1. The van der Waals surface area contributed by atoms with Gasteiger partial charge in [-0.15, -0.1) is 0 Å². The molecule has 258 valence electrons. The largest absolute Gasteiger partial charge is 0.342 e. The van der Waals surface area contributed by atoms with E-state index in [0.29, 0.717) is 42.7 Å². The number of halogens is 3. The molecule has 2 fully saturated rings. The van der Waals surface area contributed by atoms with Gasteiger partial charge in [-0.1, -0.05) is 51.8 Å². The highest BCUT2D eigenvalue weighted by Crippen LogP contribution is 2.34. The lowest BCUT2D eigenvalue weighted by Crippen LogP contribution is -2.61. The topological polar surface area (TPSA) is 147 Å². The quantitative estimate of drug-likeness (QED) is 0.263. The Morgan fingerprint density at radius 1 is 1.13 bits per heavy atom. The molecule has 2 heterocycles. The third-order valence-electron chi connectivity index (χ3n) is 9.71. The lowest BCUT2D eigenvalue weighted by atomic mass is 9.79. The number of likely N-dealkylation sites (tertiary alicyclic amines) is 1. The fourth-order valence-electron chi connectivity index (χ4n) is 6.46. The molecule has 1 unspecified atom stereocenters. The molecular weight excluding hydrogens is 617 g/mol. The smallest absolute Gasteiger partial charge is 0.276 e. The van der Waals surface area contributed by atoms with Gasteiger partial charge >= 0.3 is 0 Å². The van der Waals surface area contributed by atoms with Crippen LogP contribution in [0.25, 0.3) is 0 Å². The van der Waals surface area contributed by atoms with Gasteiger partial charge in [0.1, 0.15) is 29.4 Å². The number of anilines is 1. The normalized spacial score (nSPS) is 22.4. The minimum absolute atomic E-state index is 0.00825.